The molecule has 2 atom stereocenters. The van der Waals surface area contributed by atoms with Crippen molar-refractivity contribution >= 4 is 27.3 Å². The molecule has 0 radical (unpaired) electrons. The highest BCUT2D eigenvalue weighted by Crippen LogP contribution is 2.31. The second kappa shape index (κ2) is 5.00. The van der Waals surface area contributed by atoms with Crippen LogP contribution >= 0.6 is 27.3 Å². The SMILES string of the molecule is CC(NC1CCN(C2CC2)C1)c1ccc(Br)s1. The molecule has 1 aliphatic heterocycles. The van der Waals surface area contributed by atoms with Crippen LogP contribution in [-0.4, -0.2) is 30.1 Å². The van der Waals surface area contributed by atoms with E-state index in [-0.39, 0.29) is 0 Å². The molecule has 0 spiro atoms. The molecule has 17 heavy (non-hydrogen) atoms. The molecule has 2 unspecified atom stereocenters. The first-order chi connectivity index (χ1) is 8.22. The van der Waals surface area contributed by atoms with E-state index in [9.17, 15) is 0 Å². The third kappa shape index (κ3) is 2.92. The van der Waals surface area contributed by atoms with E-state index in [1.165, 1.54) is 41.0 Å². The largest absolute Gasteiger partial charge is 0.305 e. The zero-order valence-corrected chi connectivity index (χ0v) is 12.6. The molecular formula is C13H19BrN2S. The summed E-state index contributed by atoms with van der Waals surface area (Å²) in [7, 11) is 0. The van der Waals surface area contributed by atoms with Crippen LogP contribution in [0.2, 0.25) is 0 Å². The molecule has 94 valence electrons. The molecule has 0 bridgehead atoms. The van der Waals surface area contributed by atoms with Crippen molar-refractivity contribution in [2.45, 2.75) is 44.3 Å². The summed E-state index contributed by atoms with van der Waals surface area (Å²) in [6.45, 7) is 4.82. The van der Waals surface area contributed by atoms with Crippen molar-refractivity contribution in [2.24, 2.45) is 0 Å². The van der Waals surface area contributed by atoms with E-state index in [4.69, 9.17) is 0 Å². The molecule has 2 aliphatic rings. The molecule has 4 heteroatoms. The highest BCUT2D eigenvalue weighted by molar-refractivity contribution is 9.11. The highest BCUT2D eigenvalue weighted by atomic mass is 79.9. The van der Waals surface area contributed by atoms with Gasteiger partial charge < -0.3 is 5.32 Å². The number of hydrogen-bond acceptors (Lipinski definition) is 3. The summed E-state index contributed by atoms with van der Waals surface area (Å²) < 4.78 is 1.23. The molecule has 3 rings (SSSR count). The van der Waals surface area contributed by atoms with E-state index in [1.807, 2.05) is 11.3 Å². The van der Waals surface area contributed by atoms with E-state index in [0.29, 0.717) is 12.1 Å². The fraction of sp³-hybridized carbons (Fsp3) is 0.692. The predicted molar refractivity (Wildman–Crippen MR) is 76.6 cm³/mol. The third-order valence-corrected chi connectivity index (χ3v) is 5.60. The number of thiophene rings is 1. The van der Waals surface area contributed by atoms with Gasteiger partial charge in [0.25, 0.3) is 0 Å². The first-order valence-corrected chi connectivity index (χ1v) is 8.08. The maximum absolute atomic E-state index is 3.77. The lowest BCUT2D eigenvalue weighted by Crippen LogP contribution is -2.34. The topological polar surface area (TPSA) is 15.3 Å². The van der Waals surface area contributed by atoms with Crippen LogP contribution < -0.4 is 5.32 Å². The molecule has 1 aliphatic carbocycles. The lowest BCUT2D eigenvalue weighted by Gasteiger charge is -2.19. The Morgan fingerprint density at radius 1 is 1.41 bits per heavy atom. The van der Waals surface area contributed by atoms with E-state index in [1.54, 1.807) is 0 Å². The van der Waals surface area contributed by atoms with Crippen LogP contribution in [0.3, 0.4) is 0 Å². The van der Waals surface area contributed by atoms with E-state index < -0.39 is 0 Å². The Balaban J connectivity index is 1.53. The molecule has 1 aromatic rings. The Kier molecular flexibility index (Phi) is 3.57. The van der Waals surface area contributed by atoms with E-state index >= 15 is 0 Å². The van der Waals surface area contributed by atoms with Crippen molar-refractivity contribution < 1.29 is 0 Å². The second-order valence-electron chi connectivity index (χ2n) is 5.24. The minimum absolute atomic E-state index is 0.482. The summed E-state index contributed by atoms with van der Waals surface area (Å²) in [5.74, 6) is 0. The Bertz CT molecular complexity index is 389. The Hall–Kier alpha value is 0.1000. The number of likely N-dealkylation sites (tertiary alicyclic amines) is 1. The number of nitrogens with one attached hydrogen (secondary N) is 1. The summed E-state index contributed by atoms with van der Waals surface area (Å²) in [5, 5.41) is 3.77. The van der Waals surface area contributed by atoms with Gasteiger partial charge in [-0.2, -0.15) is 0 Å². The molecule has 2 fully saturated rings. The fourth-order valence-electron chi connectivity index (χ4n) is 2.69. The normalized spacial score (nSPS) is 27.5. The van der Waals surface area contributed by atoms with E-state index in [2.05, 4.69) is 45.2 Å². The highest BCUT2D eigenvalue weighted by Gasteiger charge is 2.34. The lowest BCUT2D eigenvalue weighted by molar-refractivity contribution is 0.314. The third-order valence-electron chi connectivity index (χ3n) is 3.79. The van der Waals surface area contributed by atoms with Crippen LogP contribution in [0.15, 0.2) is 15.9 Å². The summed E-state index contributed by atoms with van der Waals surface area (Å²) in [5.41, 5.74) is 0. The van der Waals surface area contributed by atoms with Gasteiger partial charge in [0.1, 0.15) is 0 Å². The predicted octanol–water partition coefficient (Wildman–Crippen LogP) is 3.40. The van der Waals surface area contributed by atoms with Crippen molar-refractivity contribution in [3.8, 4) is 0 Å². The summed E-state index contributed by atoms with van der Waals surface area (Å²) in [6.07, 6.45) is 4.17. The van der Waals surface area contributed by atoms with Crippen molar-refractivity contribution in [1.29, 1.82) is 0 Å². The van der Waals surface area contributed by atoms with Gasteiger partial charge in [-0.3, -0.25) is 4.90 Å². The van der Waals surface area contributed by atoms with Gasteiger partial charge in [-0.25, -0.2) is 0 Å². The standard InChI is InChI=1S/C13H19BrN2S/c1-9(12-4-5-13(14)17-12)15-10-6-7-16(8-10)11-2-3-11/h4-5,9-11,15H,2-3,6-8H2,1H3. The molecule has 1 saturated carbocycles. The summed E-state index contributed by atoms with van der Waals surface area (Å²) >= 11 is 5.37. The van der Waals surface area contributed by atoms with Gasteiger partial charge in [-0.1, -0.05) is 0 Å². The number of hydrogen-bond donors (Lipinski definition) is 1. The fourth-order valence-corrected chi connectivity index (χ4v) is 4.13. The van der Waals surface area contributed by atoms with Crippen molar-refractivity contribution in [2.75, 3.05) is 13.1 Å². The van der Waals surface area contributed by atoms with Crippen molar-refractivity contribution in [3.05, 3.63) is 20.8 Å². The molecule has 1 aromatic heterocycles. The molecule has 0 aromatic carbocycles. The van der Waals surface area contributed by atoms with Crippen LogP contribution in [0.4, 0.5) is 0 Å². The van der Waals surface area contributed by atoms with Gasteiger partial charge in [0.2, 0.25) is 0 Å². The summed E-state index contributed by atoms with van der Waals surface area (Å²) in [4.78, 5) is 4.09. The minimum atomic E-state index is 0.482. The molecule has 2 nitrogen and oxygen atoms in total. The van der Waals surface area contributed by atoms with Gasteiger partial charge in [-0.05, 0) is 54.2 Å². The first-order valence-electron chi connectivity index (χ1n) is 6.47. The van der Waals surface area contributed by atoms with Gasteiger partial charge in [-0.15, -0.1) is 11.3 Å². The van der Waals surface area contributed by atoms with Crippen LogP contribution in [-0.2, 0) is 0 Å². The van der Waals surface area contributed by atoms with Gasteiger partial charge in [0.15, 0.2) is 0 Å². The quantitative estimate of drug-likeness (QED) is 0.916. The Labute approximate surface area is 116 Å². The maximum Gasteiger partial charge on any atom is 0.0701 e. The summed E-state index contributed by atoms with van der Waals surface area (Å²) in [6, 6.07) is 6.46. The lowest BCUT2D eigenvalue weighted by atomic mass is 10.2. The van der Waals surface area contributed by atoms with Crippen LogP contribution in [0, 0.1) is 0 Å². The van der Waals surface area contributed by atoms with Gasteiger partial charge in [0.05, 0.1) is 3.79 Å². The zero-order chi connectivity index (χ0) is 11.8. The number of nitrogens with zero attached hydrogens (tertiary/aromatic N) is 1. The minimum Gasteiger partial charge on any atom is -0.305 e. The van der Waals surface area contributed by atoms with Crippen LogP contribution in [0.25, 0.3) is 0 Å². The zero-order valence-electron chi connectivity index (χ0n) is 10.2. The number of rotatable bonds is 4. The van der Waals surface area contributed by atoms with Crippen molar-refractivity contribution in [1.82, 2.24) is 10.2 Å². The Morgan fingerprint density at radius 3 is 2.88 bits per heavy atom. The monoisotopic (exact) mass is 314 g/mol. The Morgan fingerprint density at radius 2 is 2.24 bits per heavy atom. The molecule has 1 saturated heterocycles. The average molecular weight is 315 g/mol. The van der Waals surface area contributed by atoms with Crippen LogP contribution in [0.5, 0.6) is 0 Å². The van der Waals surface area contributed by atoms with Gasteiger partial charge in [0, 0.05) is 36.1 Å². The first kappa shape index (κ1) is 12.2. The van der Waals surface area contributed by atoms with Crippen molar-refractivity contribution in [3.63, 3.8) is 0 Å². The molecule has 1 N–H and O–H groups in total. The van der Waals surface area contributed by atoms with E-state index in [0.717, 1.165) is 6.04 Å². The number of halogens is 1. The average Bonchev–Trinajstić information content (AvgIpc) is 2.90. The smallest absolute Gasteiger partial charge is 0.0701 e. The molecule has 2 heterocycles. The molecular weight excluding hydrogens is 296 g/mol. The second-order valence-corrected chi connectivity index (χ2v) is 7.74. The molecule has 0 amide bonds. The van der Waals surface area contributed by atoms with Crippen LogP contribution in [0.1, 0.15) is 37.1 Å². The maximum atomic E-state index is 3.77. The van der Waals surface area contributed by atoms with Gasteiger partial charge >= 0.3 is 0 Å².